The van der Waals surface area contributed by atoms with Gasteiger partial charge in [0.2, 0.25) is 5.91 Å². The Morgan fingerprint density at radius 1 is 1.25 bits per heavy atom. The maximum absolute atomic E-state index is 12.4. The Labute approximate surface area is 178 Å². The van der Waals surface area contributed by atoms with E-state index in [-0.39, 0.29) is 12.5 Å². The molecule has 28 heavy (non-hydrogen) atoms. The number of aromatic nitrogens is 3. The fraction of sp³-hybridized carbons (Fsp3) is 0.105. The van der Waals surface area contributed by atoms with Gasteiger partial charge >= 0.3 is 0 Å². The van der Waals surface area contributed by atoms with Gasteiger partial charge in [-0.25, -0.2) is 0 Å². The SMILES string of the molecule is O=C(Cn1c(-c2cccs2)n[nH]c1=S)NCc1ccc(-c2ccc(Br)cc2)o1. The zero-order valence-electron chi connectivity index (χ0n) is 14.5. The molecule has 2 N–H and O–H groups in total. The van der Waals surface area contributed by atoms with Crippen LogP contribution in [0.3, 0.4) is 0 Å². The van der Waals surface area contributed by atoms with Crippen molar-refractivity contribution in [1.29, 1.82) is 0 Å². The largest absolute Gasteiger partial charge is 0.459 e. The third kappa shape index (κ3) is 4.16. The normalized spacial score (nSPS) is 10.9. The Bertz CT molecular complexity index is 1140. The van der Waals surface area contributed by atoms with E-state index >= 15 is 0 Å². The first-order valence-corrected chi connectivity index (χ1v) is 10.5. The molecule has 0 atom stereocenters. The molecule has 3 aromatic heterocycles. The summed E-state index contributed by atoms with van der Waals surface area (Å²) >= 11 is 10.2. The molecule has 4 aromatic rings. The van der Waals surface area contributed by atoms with Crippen LogP contribution in [0, 0.1) is 4.77 Å². The van der Waals surface area contributed by atoms with Crippen molar-refractivity contribution in [2.24, 2.45) is 0 Å². The van der Waals surface area contributed by atoms with E-state index in [4.69, 9.17) is 16.6 Å². The van der Waals surface area contributed by atoms with Crippen LogP contribution >= 0.6 is 39.5 Å². The summed E-state index contributed by atoms with van der Waals surface area (Å²) in [6.45, 7) is 0.387. The van der Waals surface area contributed by atoms with Gasteiger partial charge in [0.25, 0.3) is 0 Å². The number of furan rings is 1. The average Bonchev–Trinajstić information content (AvgIpc) is 3.43. The average molecular weight is 475 g/mol. The van der Waals surface area contributed by atoms with Crippen LogP contribution < -0.4 is 5.32 Å². The van der Waals surface area contributed by atoms with Crippen LogP contribution in [0.15, 0.2) is 62.8 Å². The number of nitrogens with one attached hydrogen (secondary N) is 2. The minimum Gasteiger partial charge on any atom is -0.459 e. The molecule has 0 aliphatic rings. The minimum absolute atomic E-state index is 0.0862. The van der Waals surface area contributed by atoms with Crippen LogP contribution in [0.25, 0.3) is 22.0 Å². The molecule has 0 saturated heterocycles. The number of thiophene rings is 1. The molecule has 142 valence electrons. The van der Waals surface area contributed by atoms with E-state index in [9.17, 15) is 4.79 Å². The number of carbonyl (C=O) groups is 1. The minimum atomic E-state index is -0.170. The molecule has 0 saturated carbocycles. The molecule has 4 rings (SSSR count). The molecular formula is C19H15BrN4O2S2. The van der Waals surface area contributed by atoms with Crippen LogP contribution in [-0.4, -0.2) is 20.7 Å². The summed E-state index contributed by atoms with van der Waals surface area (Å²) in [5.74, 6) is 1.93. The van der Waals surface area contributed by atoms with Crippen molar-refractivity contribution in [3.8, 4) is 22.0 Å². The molecule has 1 amide bonds. The lowest BCUT2D eigenvalue weighted by molar-refractivity contribution is -0.121. The second-order valence-corrected chi connectivity index (χ2v) is 8.22. The molecule has 0 radical (unpaired) electrons. The molecular weight excluding hydrogens is 460 g/mol. The Balaban J connectivity index is 1.40. The summed E-state index contributed by atoms with van der Waals surface area (Å²) in [7, 11) is 0. The molecule has 0 bridgehead atoms. The second kappa shape index (κ2) is 8.26. The van der Waals surface area contributed by atoms with E-state index in [1.165, 1.54) is 0 Å². The maximum atomic E-state index is 12.4. The van der Waals surface area contributed by atoms with E-state index in [0.717, 1.165) is 20.7 Å². The lowest BCUT2D eigenvalue weighted by Crippen LogP contribution is -2.27. The van der Waals surface area contributed by atoms with Gasteiger partial charge in [0.05, 0.1) is 11.4 Å². The van der Waals surface area contributed by atoms with Gasteiger partial charge in [-0.1, -0.05) is 34.1 Å². The van der Waals surface area contributed by atoms with Gasteiger partial charge in [0, 0.05) is 10.0 Å². The number of aromatic amines is 1. The van der Waals surface area contributed by atoms with Crippen LogP contribution in [0.1, 0.15) is 5.76 Å². The highest BCUT2D eigenvalue weighted by molar-refractivity contribution is 9.10. The third-order valence-electron chi connectivity index (χ3n) is 4.05. The standard InChI is InChI=1S/C19H15BrN4O2S2/c20-13-5-3-12(4-6-13)15-8-7-14(26-15)10-21-17(25)11-24-18(22-23-19(24)27)16-2-1-9-28-16/h1-9H,10-11H2,(H,21,25)(H,23,27). The van der Waals surface area contributed by atoms with Gasteiger partial charge in [-0.3, -0.25) is 14.5 Å². The van der Waals surface area contributed by atoms with E-state index < -0.39 is 0 Å². The summed E-state index contributed by atoms with van der Waals surface area (Å²) in [6, 6.07) is 15.5. The molecule has 6 nitrogen and oxygen atoms in total. The molecule has 0 aliphatic carbocycles. The number of H-pyrrole nitrogens is 1. The van der Waals surface area contributed by atoms with E-state index in [0.29, 0.717) is 22.9 Å². The predicted octanol–water partition coefficient (Wildman–Crippen LogP) is 5.01. The lowest BCUT2D eigenvalue weighted by atomic mass is 10.2. The Morgan fingerprint density at radius 2 is 2.07 bits per heavy atom. The Hall–Kier alpha value is -2.49. The molecule has 1 aromatic carbocycles. The highest BCUT2D eigenvalue weighted by Gasteiger charge is 2.13. The fourth-order valence-electron chi connectivity index (χ4n) is 2.69. The zero-order chi connectivity index (χ0) is 19.5. The van der Waals surface area contributed by atoms with Crippen molar-refractivity contribution < 1.29 is 9.21 Å². The molecule has 0 aliphatic heterocycles. The van der Waals surface area contributed by atoms with Gasteiger partial charge in [-0.15, -0.1) is 11.3 Å². The number of halogens is 1. The van der Waals surface area contributed by atoms with Crippen molar-refractivity contribution in [3.05, 3.63) is 68.9 Å². The number of rotatable bonds is 6. The summed E-state index contributed by atoms with van der Waals surface area (Å²) < 4.78 is 8.93. The predicted molar refractivity (Wildman–Crippen MR) is 114 cm³/mol. The number of nitrogens with zero attached hydrogens (tertiary/aromatic N) is 2. The summed E-state index contributed by atoms with van der Waals surface area (Å²) in [5.41, 5.74) is 0.978. The second-order valence-electron chi connectivity index (χ2n) is 5.97. The third-order valence-corrected chi connectivity index (χ3v) is 5.76. The first kappa shape index (κ1) is 18.9. The molecule has 0 unspecified atom stereocenters. The van der Waals surface area contributed by atoms with E-state index in [1.807, 2.05) is 53.9 Å². The van der Waals surface area contributed by atoms with Crippen molar-refractivity contribution in [2.45, 2.75) is 13.1 Å². The van der Waals surface area contributed by atoms with Crippen LogP contribution in [0.5, 0.6) is 0 Å². The smallest absolute Gasteiger partial charge is 0.240 e. The summed E-state index contributed by atoms with van der Waals surface area (Å²) in [6.07, 6.45) is 0. The van der Waals surface area contributed by atoms with Crippen LogP contribution in [0.4, 0.5) is 0 Å². The highest BCUT2D eigenvalue weighted by atomic mass is 79.9. The number of benzene rings is 1. The number of hydrogen-bond donors (Lipinski definition) is 2. The lowest BCUT2D eigenvalue weighted by Gasteiger charge is -2.06. The van der Waals surface area contributed by atoms with E-state index in [1.54, 1.807) is 15.9 Å². The monoisotopic (exact) mass is 474 g/mol. The van der Waals surface area contributed by atoms with Crippen LogP contribution in [-0.2, 0) is 17.9 Å². The maximum Gasteiger partial charge on any atom is 0.240 e. The quantitative estimate of drug-likeness (QED) is 0.385. The van der Waals surface area contributed by atoms with E-state index in [2.05, 4.69) is 31.4 Å². The van der Waals surface area contributed by atoms with Crippen LogP contribution in [0.2, 0.25) is 0 Å². The first-order chi connectivity index (χ1) is 13.6. The Morgan fingerprint density at radius 3 is 2.82 bits per heavy atom. The van der Waals surface area contributed by atoms with Gasteiger partial charge in [0.1, 0.15) is 18.1 Å². The van der Waals surface area contributed by atoms with Crippen molar-refractivity contribution in [2.75, 3.05) is 0 Å². The topological polar surface area (TPSA) is 75.8 Å². The molecule has 9 heteroatoms. The van der Waals surface area contributed by atoms with Gasteiger partial charge in [-0.05, 0) is 47.9 Å². The first-order valence-electron chi connectivity index (χ1n) is 8.40. The number of amides is 1. The molecule has 0 spiro atoms. The molecule has 0 fully saturated rings. The van der Waals surface area contributed by atoms with Crippen molar-refractivity contribution in [3.63, 3.8) is 0 Å². The fourth-order valence-corrected chi connectivity index (χ4v) is 3.87. The van der Waals surface area contributed by atoms with Crippen molar-refractivity contribution >= 4 is 45.4 Å². The summed E-state index contributed by atoms with van der Waals surface area (Å²) in [5, 5.41) is 11.8. The van der Waals surface area contributed by atoms with Gasteiger partial charge in [0.15, 0.2) is 10.6 Å². The van der Waals surface area contributed by atoms with Gasteiger partial charge in [-0.2, -0.15) is 5.10 Å². The number of carbonyl (C=O) groups excluding carboxylic acids is 1. The van der Waals surface area contributed by atoms with Crippen molar-refractivity contribution in [1.82, 2.24) is 20.1 Å². The highest BCUT2D eigenvalue weighted by Crippen LogP contribution is 2.24. The molecule has 3 heterocycles. The Kier molecular flexibility index (Phi) is 5.56. The zero-order valence-corrected chi connectivity index (χ0v) is 17.7. The number of hydrogen-bond acceptors (Lipinski definition) is 5. The van der Waals surface area contributed by atoms with Gasteiger partial charge < -0.3 is 9.73 Å². The summed E-state index contributed by atoms with van der Waals surface area (Å²) in [4.78, 5) is 13.4.